The molecule has 9 aromatic carbocycles. The monoisotopic (exact) mass is 595 g/mol. The molecule has 0 N–H and O–H groups in total. The molecule has 0 aliphatic carbocycles. The fourth-order valence-corrected chi connectivity index (χ4v) is 7.60. The van der Waals surface area contributed by atoms with E-state index in [4.69, 9.17) is 4.74 Å². The minimum atomic E-state index is 0.663. The highest BCUT2D eigenvalue weighted by atomic mass is 16.5. The maximum absolute atomic E-state index is 9.64. The molecule has 0 radical (unpaired) electrons. The molecule has 0 saturated heterocycles. The Hall–Kier alpha value is -6.43. The molecule has 0 atom stereocenters. The van der Waals surface area contributed by atoms with Gasteiger partial charge in [0.15, 0.2) is 0 Å². The number of ether oxygens (including phenoxy) is 1. The normalized spacial score (nSPS) is 12.0. The number of benzene rings is 9. The Labute approximate surface area is 271 Å². The highest BCUT2D eigenvalue weighted by Crippen LogP contribution is 2.48. The maximum Gasteiger partial charge on any atom is 0.135 e. The summed E-state index contributed by atoms with van der Waals surface area (Å²) < 4.78 is 6.45. The molecule has 0 spiro atoms. The third-order valence-electron chi connectivity index (χ3n) is 9.87. The summed E-state index contributed by atoms with van der Waals surface area (Å²) in [6.45, 7) is 0. The SMILES string of the molecule is N#Cc1ccc2c3c(cccc13)Oc1cc(-c3ccc4cc(-c5cc6c7ccccc7ccc6c6ccccc56)ccc4c3)ccc1-2. The molecule has 1 heterocycles. The molecule has 1 aliphatic heterocycles. The van der Waals surface area contributed by atoms with Gasteiger partial charge in [-0.3, -0.25) is 0 Å². The van der Waals surface area contributed by atoms with Crippen LogP contribution in [0, 0.1) is 11.3 Å². The first-order chi connectivity index (χ1) is 23.2. The van der Waals surface area contributed by atoms with Crippen LogP contribution in [-0.4, -0.2) is 0 Å². The van der Waals surface area contributed by atoms with Gasteiger partial charge in [0.05, 0.1) is 11.6 Å². The molecular formula is C45H25NO. The first kappa shape index (κ1) is 25.9. The molecule has 47 heavy (non-hydrogen) atoms. The fraction of sp³-hybridized carbons (Fsp3) is 0. The zero-order chi connectivity index (χ0) is 31.1. The fourth-order valence-electron chi connectivity index (χ4n) is 7.60. The summed E-state index contributed by atoms with van der Waals surface area (Å²) in [5.41, 5.74) is 7.51. The zero-order valence-electron chi connectivity index (χ0n) is 25.3. The van der Waals surface area contributed by atoms with Crippen molar-refractivity contribution in [2.45, 2.75) is 0 Å². The van der Waals surface area contributed by atoms with Crippen molar-refractivity contribution in [2.75, 3.05) is 0 Å². The van der Waals surface area contributed by atoms with Gasteiger partial charge >= 0.3 is 0 Å². The predicted molar refractivity (Wildman–Crippen MR) is 195 cm³/mol. The van der Waals surface area contributed by atoms with E-state index in [1.807, 2.05) is 30.3 Å². The van der Waals surface area contributed by atoms with E-state index in [-0.39, 0.29) is 0 Å². The third kappa shape index (κ3) is 3.84. The number of nitrogens with zero attached hydrogens (tertiary/aromatic N) is 1. The highest BCUT2D eigenvalue weighted by molar-refractivity contribution is 6.21. The van der Waals surface area contributed by atoms with E-state index in [1.165, 1.54) is 54.2 Å². The van der Waals surface area contributed by atoms with Crippen molar-refractivity contribution in [1.82, 2.24) is 0 Å². The van der Waals surface area contributed by atoms with Gasteiger partial charge < -0.3 is 4.74 Å². The van der Waals surface area contributed by atoms with E-state index in [0.29, 0.717) is 5.56 Å². The van der Waals surface area contributed by atoms with Crippen molar-refractivity contribution in [3.63, 3.8) is 0 Å². The predicted octanol–water partition coefficient (Wildman–Crippen LogP) is 12.4. The second-order valence-electron chi connectivity index (χ2n) is 12.4. The van der Waals surface area contributed by atoms with Crippen LogP contribution in [0.5, 0.6) is 11.5 Å². The summed E-state index contributed by atoms with van der Waals surface area (Å²) >= 11 is 0. The molecule has 1 aliphatic rings. The lowest BCUT2D eigenvalue weighted by molar-refractivity contribution is 0.487. The van der Waals surface area contributed by atoms with Crippen LogP contribution in [0.4, 0.5) is 0 Å². The highest BCUT2D eigenvalue weighted by Gasteiger charge is 2.22. The average molecular weight is 596 g/mol. The van der Waals surface area contributed by atoms with Crippen molar-refractivity contribution < 1.29 is 4.74 Å². The Balaban J connectivity index is 1.07. The molecule has 9 aromatic rings. The smallest absolute Gasteiger partial charge is 0.135 e. The number of hydrogen-bond acceptors (Lipinski definition) is 2. The number of rotatable bonds is 2. The number of hydrogen-bond donors (Lipinski definition) is 0. The van der Waals surface area contributed by atoms with Crippen LogP contribution < -0.4 is 4.74 Å². The first-order valence-corrected chi connectivity index (χ1v) is 15.9. The molecule has 0 fully saturated rings. The van der Waals surface area contributed by atoms with Gasteiger partial charge in [-0.2, -0.15) is 5.26 Å². The Morgan fingerprint density at radius 3 is 1.91 bits per heavy atom. The Kier molecular flexibility index (Phi) is 5.38. The summed E-state index contributed by atoms with van der Waals surface area (Å²) in [6, 6.07) is 56.5. The van der Waals surface area contributed by atoms with Gasteiger partial charge in [0.2, 0.25) is 0 Å². The van der Waals surface area contributed by atoms with E-state index in [9.17, 15) is 5.26 Å². The molecule has 2 heteroatoms. The lowest BCUT2D eigenvalue weighted by atomic mass is 9.89. The van der Waals surface area contributed by atoms with E-state index in [1.54, 1.807) is 0 Å². The van der Waals surface area contributed by atoms with E-state index < -0.39 is 0 Å². The van der Waals surface area contributed by atoms with Gasteiger partial charge in [0.1, 0.15) is 11.5 Å². The molecule has 0 bridgehead atoms. The Morgan fingerprint density at radius 1 is 0.383 bits per heavy atom. The van der Waals surface area contributed by atoms with Crippen molar-refractivity contribution >= 4 is 53.9 Å². The van der Waals surface area contributed by atoms with Gasteiger partial charge in [0, 0.05) is 16.3 Å². The molecule has 0 aromatic heterocycles. The van der Waals surface area contributed by atoms with E-state index in [0.717, 1.165) is 44.5 Å². The summed E-state index contributed by atoms with van der Waals surface area (Å²) in [6.07, 6.45) is 0. The standard InChI is InChI=1S/C45H25NO/c46-26-33-18-21-40-39-20-17-31(24-44(39)47-43-11-5-10-35(33)45(40)43)29-12-13-30-23-32(15-14-28(30)22-29)41-25-42-34-7-2-1-6-27(34)16-19-38(42)36-8-3-4-9-37(36)41/h1-25H. The van der Waals surface area contributed by atoms with Gasteiger partial charge in [0.25, 0.3) is 0 Å². The lowest BCUT2D eigenvalue weighted by Crippen LogP contribution is -1.98. The molecular weight excluding hydrogens is 571 g/mol. The van der Waals surface area contributed by atoms with Gasteiger partial charge in [-0.25, -0.2) is 0 Å². The van der Waals surface area contributed by atoms with Crippen LogP contribution in [0.1, 0.15) is 5.56 Å². The second kappa shape index (κ2) is 9.78. The molecule has 0 amide bonds. The first-order valence-electron chi connectivity index (χ1n) is 15.9. The summed E-state index contributed by atoms with van der Waals surface area (Å²) in [5.74, 6) is 1.62. The summed E-state index contributed by atoms with van der Waals surface area (Å²) in [7, 11) is 0. The van der Waals surface area contributed by atoms with Crippen molar-refractivity contribution in [3.05, 3.63) is 157 Å². The Morgan fingerprint density at radius 2 is 1.04 bits per heavy atom. The quantitative estimate of drug-likeness (QED) is 0.186. The third-order valence-corrected chi connectivity index (χ3v) is 9.87. The average Bonchev–Trinajstić information content (AvgIpc) is 3.14. The molecule has 10 rings (SSSR count). The molecule has 0 unspecified atom stereocenters. The van der Waals surface area contributed by atoms with E-state index >= 15 is 0 Å². The number of fused-ring (bicyclic) bond motifs is 8. The largest absolute Gasteiger partial charge is 0.456 e. The Bertz CT molecular complexity index is 2840. The summed E-state index contributed by atoms with van der Waals surface area (Å²) in [5, 5.41) is 21.6. The minimum absolute atomic E-state index is 0.663. The second-order valence-corrected chi connectivity index (χ2v) is 12.4. The lowest BCUT2D eigenvalue weighted by Gasteiger charge is -2.22. The molecule has 216 valence electrons. The van der Waals surface area contributed by atoms with E-state index in [2.05, 4.69) is 127 Å². The summed E-state index contributed by atoms with van der Waals surface area (Å²) in [4.78, 5) is 0. The van der Waals surface area contributed by atoms with Gasteiger partial charge in [-0.1, -0.05) is 109 Å². The van der Waals surface area contributed by atoms with Crippen molar-refractivity contribution in [1.29, 1.82) is 5.26 Å². The van der Waals surface area contributed by atoms with Gasteiger partial charge in [-0.15, -0.1) is 0 Å². The zero-order valence-corrected chi connectivity index (χ0v) is 25.3. The van der Waals surface area contributed by atoms with Crippen LogP contribution >= 0.6 is 0 Å². The van der Waals surface area contributed by atoms with Crippen LogP contribution in [0.3, 0.4) is 0 Å². The van der Waals surface area contributed by atoms with Crippen molar-refractivity contribution in [3.8, 4) is 50.9 Å². The molecule has 0 saturated carbocycles. The maximum atomic E-state index is 9.64. The molecule has 2 nitrogen and oxygen atoms in total. The van der Waals surface area contributed by atoms with Crippen molar-refractivity contribution in [2.24, 2.45) is 0 Å². The van der Waals surface area contributed by atoms with Crippen LogP contribution in [0.2, 0.25) is 0 Å². The van der Waals surface area contributed by atoms with Crippen LogP contribution in [0.15, 0.2) is 152 Å². The van der Waals surface area contributed by atoms with Crippen LogP contribution in [-0.2, 0) is 0 Å². The number of nitriles is 1. The topological polar surface area (TPSA) is 33.0 Å². The van der Waals surface area contributed by atoms with Crippen LogP contribution in [0.25, 0.3) is 87.2 Å². The van der Waals surface area contributed by atoms with Gasteiger partial charge in [-0.05, 0) is 113 Å². The minimum Gasteiger partial charge on any atom is -0.456 e.